The third-order valence-corrected chi connectivity index (χ3v) is 3.41. The van der Waals surface area contributed by atoms with E-state index in [4.69, 9.17) is 4.42 Å². The minimum atomic E-state index is -0.109. The topological polar surface area (TPSA) is 84.2 Å². The molecule has 0 atom stereocenters. The van der Waals surface area contributed by atoms with E-state index in [1.54, 1.807) is 12.1 Å². The lowest BCUT2D eigenvalue weighted by molar-refractivity contribution is -0.119. The number of amides is 2. The van der Waals surface area contributed by atoms with Gasteiger partial charge < -0.3 is 15.1 Å². The molecule has 0 aromatic carbocycles. The zero-order chi connectivity index (χ0) is 15.2. The molecule has 6 nitrogen and oxygen atoms in total. The van der Waals surface area contributed by atoms with E-state index in [0.29, 0.717) is 35.3 Å². The molecule has 2 rings (SSSR count). The van der Waals surface area contributed by atoms with Crippen LogP contribution in [0.25, 0.3) is 11.5 Å². The van der Waals surface area contributed by atoms with Gasteiger partial charge in [-0.3, -0.25) is 9.59 Å². The zero-order valence-corrected chi connectivity index (χ0v) is 12.8. The second-order valence-electron chi connectivity index (χ2n) is 4.51. The van der Waals surface area contributed by atoms with E-state index >= 15 is 0 Å². The molecular formula is C14H17N3O3S. The van der Waals surface area contributed by atoms with Crippen molar-refractivity contribution < 1.29 is 14.0 Å². The van der Waals surface area contributed by atoms with Gasteiger partial charge in [0.05, 0.1) is 6.54 Å². The van der Waals surface area contributed by atoms with Gasteiger partial charge in [0.1, 0.15) is 11.5 Å². The Hall–Kier alpha value is -2.15. The average Bonchev–Trinajstić information content (AvgIpc) is 3.05. The number of hydrogen-bond donors (Lipinski definition) is 2. The molecule has 0 fully saturated rings. The van der Waals surface area contributed by atoms with Crippen molar-refractivity contribution in [1.82, 2.24) is 10.3 Å². The maximum Gasteiger partial charge on any atom is 0.226 e. The van der Waals surface area contributed by atoms with Crippen LogP contribution in [0.3, 0.4) is 0 Å². The largest absolute Gasteiger partial charge is 0.458 e. The molecule has 0 radical (unpaired) electrons. The fourth-order valence-electron chi connectivity index (χ4n) is 1.68. The fourth-order valence-corrected chi connectivity index (χ4v) is 2.39. The van der Waals surface area contributed by atoms with Crippen molar-refractivity contribution in [2.24, 2.45) is 0 Å². The Morgan fingerprint density at radius 1 is 1.38 bits per heavy atom. The zero-order valence-electron chi connectivity index (χ0n) is 11.9. The van der Waals surface area contributed by atoms with Gasteiger partial charge in [0.25, 0.3) is 0 Å². The predicted molar refractivity (Wildman–Crippen MR) is 80.9 cm³/mol. The van der Waals surface area contributed by atoms with Crippen LogP contribution in [0.4, 0.5) is 5.13 Å². The van der Waals surface area contributed by atoms with E-state index in [-0.39, 0.29) is 11.8 Å². The Labute approximate surface area is 126 Å². The second-order valence-corrected chi connectivity index (χ2v) is 5.37. The van der Waals surface area contributed by atoms with Gasteiger partial charge >= 0.3 is 0 Å². The van der Waals surface area contributed by atoms with Crippen molar-refractivity contribution in [2.75, 3.05) is 5.32 Å². The molecule has 2 aromatic heterocycles. The lowest BCUT2D eigenvalue weighted by Gasteiger charge is -1.98. The number of thiazole rings is 1. The van der Waals surface area contributed by atoms with Gasteiger partial charge in [-0.25, -0.2) is 4.98 Å². The quantitative estimate of drug-likeness (QED) is 0.859. The summed E-state index contributed by atoms with van der Waals surface area (Å²) in [5, 5.41) is 7.79. The van der Waals surface area contributed by atoms with Crippen molar-refractivity contribution in [3.8, 4) is 11.5 Å². The molecule has 2 aromatic rings. The molecule has 0 aliphatic heterocycles. The highest BCUT2D eigenvalue weighted by Gasteiger charge is 2.11. The maximum absolute atomic E-state index is 11.5. The standard InChI is InChI=1S/C14H17N3O3S/c1-3-4-13(19)17-14-16-11(8-21-14)12-6-5-10(20-12)7-15-9(2)18/h5-6,8H,3-4,7H2,1-2H3,(H,15,18)(H,16,17,19). The van der Waals surface area contributed by atoms with Crippen molar-refractivity contribution in [3.63, 3.8) is 0 Å². The molecule has 112 valence electrons. The highest BCUT2D eigenvalue weighted by molar-refractivity contribution is 7.14. The highest BCUT2D eigenvalue weighted by Crippen LogP contribution is 2.26. The fraction of sp³-hybridized carbons (Fsp3) is 0.357. The Morgan fingerprint density at radius 3 is 2.90 bits per heavy atom. The summed E-state index contributed by atoms with van der Waals surface area (Å²) in [6, 6.07) is 3.59. The van der Waals surface area contributed by atoms with E-state index in [9.17, 15) is 9.59 Å². The third-order valence-electron chi connectivity index (χ3n) is 2.65. The van der Waals surface area contributed by atoms with E-state index in [1.165, 1.54) is 18.3 Å². The molecule has 2 amide bonds. The third kappa shape index (κ3) is 4.42. The van der Waals surface area contributed by atoms with Gasteiger partial charge in [-0.15, -0.1) is 11.3 Å². The van der Waals surface area contributed by atoms with E-state index in [2.05, 4.69) is 15.6 Å². The SMILES string of the molecule is CCCC(=O)Nc1nc(-c2ccc(CNC(C)=O)o2)cs1. The smallest absolute Gasteiger partial charge is 0.226 e. The summed E-state index contributed by atoms with van der Waals surface area (Å²) in [5.74, 6) is 1.12. The Balaban J connectivity index is 2.00. The van der Waals surface area contributed by atoms with Gasteiger partial charge in [-0.05, 0) is 18.6 Å². The second kappa shape index (κ2) is 7.03. The summed E-state index contributed by atoms with van der Waals surface area (Å²) in [6.07, 6.45) is 1.28. The summed E-state index contributed by atoms with van der Waals surface area (Å²) in [5.41, 5.74) is 0.667. The lowest BCUT2D eigenvalue weighted by atomic mass is 10.3. The van der Waals surface area contributed by atoms with Crippen molar-refractivity contribution in [1.29, 1.82) is 0 Å². The first-order chi connectivity index (χ1) is 10.1. The molecule has 0 aliphatic rings. The Morgan fingerprint density at radius 2 is 2.19 bits per heavy atom. The minimum absolute atomic E-state index is 0.0378. The number of aromatic nitrogens is 1. The predicted octanol–water partition coefficient (Wildman–Crippen LogP) is 2.78. The number of hydrogen-bond acceptors (Lipinski definition) is 5. The minimum Gasteiger partial charge on any atom is -0.458 e. The normalized spacial score (nSPS) is 10.4. The number of rotatable bonds is 6. The molecular weight excluding hydrogens is 290 g/mol. The van der Waals surface area contributed by atoms with E-state index < -0.39 is 0 Å². The van der Waals surface area contributed by atoms with Crippen LogP contribution in [-0.2, 0) is 16.1 Å². The first-order valence-corrected chi connectivity index (χ1v) is 7.55. The van der Waals surface area contributed by atoms with Crippen LogP contribution in [0.2, 0.25) is 0 Å². The number of carbonyl (C=O) groups excluding carboxylic acids is 2. The molecule has 0 spiro atoms. The number of nitrogens with zero attached hydrogens (tertiary/aromatic N) is 1. The molecule has 2 heterocycles. The van der Waals surface area contributed by atoms with Crippen LogP contribution in [0.1, 0.15) is 32.4 Å². The van der Waals surface area contributed by atoms with E-state index in [1.807, 2.05) is 12.3 Å². The summed E-state index contributed by atoms with van der Waals surface area (Å²) < 4.78 is 5.60. The van der Waals surface area contributed by atoms with Gasteiger partial charge in [0.15, 0.2) is 10.9 Å². The molecule has 0 aliphatic carbocycles. The van der Waals surface area contributed by atoms with Gasteiger partial charge in [0.2, 0.25) is 11.8 Å². The average molecular weight is 307 g/mol. The van der Waals surface area contributed by atoms with Crippen molar-refractivity contribution in [2.45, 2.75) is 33.2 Å². The Kier molecular flexibility index (Phi) is 5.10. The lowest BCUT2D eigenvalue weighted by Crippen LogP contribution is -2.18. The summed E-state index contributed by atoms with van der Waals surface area (Å²) >= 11 is 1.35. The first-order valence-electron chi connectivity index (χ1n) is 6.67. The van der Waals surface area contributed by atoms with Crippen LogP contribution in [0.5, 0.6) is 0 Å². The van der Waals surface area contributed by atoms with Crippen LogP contribution >= 0.6 is 11.3 Å². The highest BCUT2D eigenvalue weighted by atomic mass is 32.1. The van der Waals surface area contributed by atoms with Crippen LogP contribution < -0.4 is 10.6 Å². The summed E-state index contributed by atoms with van der Waals surface area (Å²) in [4.78, 5) is 26.7. The molecule has 21 heavy (non-hydrogen) atoms. The van der Waals surface area contributed by atoms with E-state index in [0.717, 1.165) is 6.42 Å². The van der Waals surface area contributed by atoms with Gasteiger partial charge in [0, 0.05) is 18.7 Å². The maximum atomic E-state index is 11.5. The van der Waals surface area contributed by atoms with Gasteiger partial charge in [-0.2, -0.15) is 0 Å². The molecule has 0 saturated heterocycles. The van der Waals surface area contributed by atoms with Crippen LogP contribution in [-0.4, -0.2) is 16.8 Å². The molecule has 2 N–H and O–H groups in total. The van der Waals surface area contributed by atoms with Crippen molar-refractivity contribution >= 4 is 28.3 Å². The summed E-state index contributed by atoms with van der Waals surface area (Å²) in [7, 11) is 0. The molecule has 0 unspecified atom stereocenters. The molecule has 0 saturated carbocycles. The summed E-state index contributed by atoms with van der Waals surface area (Å²) in [6.45, 7) is 3.75. The van der Waals surface area contributed by atoms with Crippen LogP contribution in [0, 0.1) is 0 Å². The number of nitrogens with one attached hydrogen (secondary N) is 2. The van der Waals surface area contributed by atoms with Gasteiger partial charge in [-0.1, -0.05) is 6.92 Å². The Bertz CT molecular complexity index is 633. The first kappa shape index (κ1) is 15.2. The molecule has 7 heteroatoms. The number of furan rings is 1. The molecule has 0 bridgehead atoms. The van der Waals surface area contributed by atoms with Crippen LogP contribution in [0.15, 0.2) is 21.9 Å². The monoisotopic (exact) mass is 307 g/mol. The number of anilines is 1. The number of carbonyl (C=O) groups is 2. The van der Waals surface area contributed by atoms with Crippen molar-refractivity contribution in [3.05, 3.63) is 23.3 Å².